The third-order valence-corrected chi connectivity index (χ3v) is 9.05. The molecule has 0 bridgehead atoms. The minimum atomic E-state index is -1.10. The average Bonchev–Trinajstić information content (AvgIpc) is 3.52. The largest absolute Gasteiger partial charge is 0.480 e. The summed E-state index contributed by atoms with van der Waals surface area (Å²) in [5.41, 5.74) is 4.66. The predicted molar refractivity (Wildman–Crippen MR) is 157 cm³/mol. The number of benzene rings is 1. The van der Waals surface area contributed by atoms with Gasteiger partial charge in [-0.3, -0.25) is 14.6 Å². The molecule has 2 aliphatic heterocycles. The highest BCUT2D eigenvalue weighted by Gasteiger charge is 2.43. The second-order valence-electron chi connectivity index (χ2n) is 11.0. The summed E-state index contributed by atoms with van der Waals surface area (Å²) in [4.78, 5) is 47.8. The van der Waals surface area contributed by atoms with Crippen LogP contribution < -0.4 is 0 Å². The molecule has 5 heterocycles. The van der Waals surface area contributed by atoms with Crippen molar-refractivity contribution in [3.05, 3.63) is 86.1 Å². The van der Waals surface area contributed by atoms with Crippen LogP contribution in [0.2, 0.25) is 10.0 Å². The third kappa shape index (κ3) is 4.86. The van der Waals surface area contributed by atoms with Crippen LogP contribution in [0.25, 0.3) is 11.3 Å². The van der Waals surface area contributed by atoms with Crippen molar-refractivity contribution in [3.63, 3.8) is 0 Å². The molecule has 0 saturated carbocycles. The highest BCUT2D eigenvalue weighted by atomic mass is 35.5. The van der Waals surface area contributed by atoms with E-state index in [1.54, 1.807) is 23.2 Å². The smallest absolute Gasteiger partial charge is 0.330 e. The molecular weight excluding hydrogens is 595 g/mol. The molecule has 3 aromatic heterocycles. The molecule has 0 spiro atoms. The molecule has 1 N–H and O–H groups in total. The number of carbonyl (C=O) groups excluding carboxylic acids is 2. The van der Waals surface area contributed by atoms with Crippen molar-refractivity contribution in [3.8, 4) is 11.3 Å². The quantitative estimate of drug-likeness (QED) is 0.317. The van der Waals surface area contributed by atoms with Crippen LogP contribution in [0.5, 0.6) is 0 Å². The number of nitrogens with zero attached hydrogens (tertiary/aromatic N) is 6. The number of aryl methyl sites for hydroxylation is 2. The van der Waals surface area contributed by atoms with Crippen LogP contribution in [0.1, 0.15) is 75.1 Å². The van der Waals surface area contributed by atoms with Crippen molar-refractivity contribution in [2.75, 3.05) is 6.54 Å². The maximum atomic E-state index is 14.1. The van der Waals surface area contributed by atoms with Gasteiger partial charge in [0.2, 0.25) is 0 Å². The Morgan fingerprint density at radius 3 is 2.53 bits per heavy atom. The molecule has 1 aromatic carbocycles. The van der Waals surface area contributed by atoms with E-state index in [4.69, 9.17) is 27.7 Å². The summed E-state index contributed by atoms with van der Waals surface area (Å²) in [6, 6.07) is 6.55. The molecule has 6 rings (SSSR count). The van der Waals surface area contributed by atoms with Crippen molar-refractivity contribution < 1.29 is 24.0 Å². The zero-order valence-electron chi connectivity index (χ0n) is 23.8. The summed E-state index contributed by atoms with van der Waals surface area (Å²) in [5, 5.41) is 19.4. The first-order valence-corrected chi connectivity index (χ1v) is 14.5. The van der Waals surface area contributed by atoms with Crippen LogP contribution in [-0.4, -0.2) is 65.2 Å². The zero-order valence-corrected chi connectivity index (χ0v) is 25.3. The Balaban J connectivity index is 1.33. The maximum absolute atomic E-state index is 14.1. The zero-order chi connectivity index (χ0) is 30.7. The fraction of sp³-hybridized carbons (Fsp3) is 0.333. The molecule has 0 radical (unpaired) electrons. The Morgan fingerprint density at radius 1 is 1.14 bits per heavy atom. The Bertz CT molecular complexity index is 1760. The van der Waals surface area contributed by atoms with Gasteiger partial charge in [0.25, 0.3) is 11.8 Å². The molecule has 222 valence electrons. The summed E-state index contributed by atoms with van der Waals surface area (Å²) in [6.07, 6.45) is 2.04. The normalized spacial score (nSPS) is 18.8. The van der Waals surface area contributed by atoms with E-state index in [-0.39, 0.29) is 41.7 Å². The van der Waals surface area contributed by atoms with Gasteiger partial charge in [-0.15, -0.1) is 0 Å². The van der Waals surface area contributed by atoms with Crippen molar-refractivity contribution in [2.24, 2.45) is 0 Å². The Kier molecular flexibility index (Phi) is 7.26. The number of hydrogen-bond donors (Lipinski definition) is 1. The van der Waals surface area contributed by atoms with E-state index in [0.29, 0.717) is 39.7 Å². The summed E-state index contributed by atoms with van der Waals surface area (Å²) < 4.78 is 6.58. The van der Waals surface area contributed by atoms with Gasteiger partial charge in [-0.25, -0.2) is 9.48 Å². The van der Waals surface area contributed by atoms with Crippen LogP contribution in [-0.2, 0) is 17.8 Å². The fourth-order valence-electron chi connectivity index (χ4n) is 5.91. The SMILES string of the molecule is Cc1noc(C)c1-c1ccc(C(C)N2C[C@@H](C(=O)O)n3nc4c(c3C2=O)CN(C(=O)c2ccc(Cl)c(Cl)c2)[C@H](C)C4)cn1. The van der Waals surface area contributed by atoms with Crippen LogP contribution in [0.3, 0.4) is 0 Å². The Hall–Kier alpha value is -4.22. The van der Waals surface area contributed by atoms with E-state index in [1.807, 2.05) is 39.8 Å². The summed E-state index contributed by atoms with van der Waals surface area (Å²) >= 11 is 12.2. The van der Waals surface area contributed by atoms with Gasteiger partial charge >= 0.3 is 5.97 Å². The lowest BCUT2D eigenvalue weighted by molar-refractivity contribution is -0.142. The van der Waals surface area contributed by atoms with Gasteiger partial charge in [0, 0.05) is 29.8 Å². The number of rotatable bonds is 5. The maximum Gasteiger partial charge on any atom is 0.330 e. The molecule has 4 aromatic rings. The van der Waals surface area contributed by atoms with E-state index in [0.717, 1.165) is 16.8 Å². The number of halogens is 2. The minimum absolute atomic E-state index is 0.0734. The number of fused-ring (bicyclic) bond motifs is 3. The molecule has 43 heavy (non-hydrogen) atoms. The summed E-state index contributed by atoms with van der Waals surface area (Å²) in [7, 11) is 0. The number of pyridine rings is 1. The van der Waals surface area contributed by atoms with Gasteiger partial charge in [-0.1, -0.05) is 34.4 Å². The minimum Gasteiger partial charge on any atom is -0.480 e. The van der Waals surface area contributed by atoms with Crippen molar-refractivity contribution in [1.29, 1.82) is 0 Å². The van der Waals surface area contributed by atoms with Crippen LogP contribution in [0, 0.1) is 13.8 Å². The lowest BCUT2D eigenvalue weighted by Gasteiger charge is -2.37. The van der Waals surface area contributed by atoms with Gasteiger partial charge in [0.15, 0.2) is 6.04 Å². The first-order chi connectivity index (χ1) is 20.5. The highest BCUT2D eigenvalue weighted by molar-refractivity contribution is 6.42. The molecule has 0 saturated heterocycles. The molecule has 11 nitrogen and oxygen atoms in total. The molecule has 13 heteroatoms. The Morgan fingerprint density at radius 2 is 1.91 bits per heavy atom. The number of aliphatic carboxylic acids is 1. The number of carbonyl (C=O) groups is 3. The topological polar surface area (TPSA) is 135 Å². The monoisotopic (exact) mass is 622 g/mol. The van der Waals surface area contributed by atoms with Gasteiger partial charge in [-0.05, 0) is 57.5 Å². The number of aromatic nitrogens is 4. The number of hydrogen-bond acceptors (Lipinski definition) is 7. The molecule has 2 amide bonds. The predicted octanol–water partition coefficient (Wildman–Crippen LogP) is 5.29. The molecular formula is C30H28Cl2N6O5. The van der Waals surface area contributed by atoms with Crippen molar-refractivity contribution in [2.45, 2.75) is 58.8 Å². The number of carboxylic acids is 1. The van der Waals surface area contributed by atoms with E-state index < -0.39 is 18.1 Å². The second kappa shape index (κ2) is 10.8. The van der Waals surface area contributed by atoms with Gasteiger partial charge < -0.3 is 19.4 Å². The van der Waals surface area contributed by atoms with Crippen molar-refractivity contribution in [1.82, 2.24) is 29.7 Å². The number of amides is 2. The first kappa shape index (κ1) is 28.9. The van der Waals surface area contributed by atoms with E-state index in [2.05, 4.69) is 15.2 Å². The van der Waals surface area contributed by atoms with Crippen LogP contribution >= 0.6 is 23.2 Å². The molecule has 2 aliphatic rings. The molecule has 0 aliphatic carbocycles. The van der Waals surface area contributed by atoms with Gasteiger partial charge in [-0.2, -0.15) is 5.10 Å². The lowest BCUT2D eigenvalue weighted by atomic mass is 9.96. The third-order valence-electron chi connectivity index (χ3n) is 8.31. The molecule has 1 unspecified atom stereocenters. The fourth-order valence-corrected chi connectivity index (χ4v) is 6.21. The standard InChI is InChI=1S/C30H28Cl2N6O5/c1-14-9-24-20(12-36(14)28(39)18-5-7-21(31)22(32)10-18)27-29(40)37(13-25(30(41)42)38(27)34-24)16(3)19-6-8-23(33-11-19)26-15(2)35-43-17(26)4/h5-8,10-11,14,16,25H,9,12-13H2,1-4H3,(H,41,42)/t14-,16?,25+/m1/s1. The van der Waals surface area contributed by atoms with Gasteiger partial charge in [0.1, 0.15) is 11.5 Å². The Labute approximate surface area is 257 Å². The first-order valence-electron chi connectivity index (χ1n) is 13.8. The van der Waals surface area contributed by atoms with Crippen LogP contribution in [0.15, 0.2) is 41.1 Å². The number of carboxylic acid groups (broad SMARTS) is 1. The van der Waals surface area contributed by atoms with Crippen LogP contribution in [0.4, 0.5) is 0 Å². The van der Waals surface area contributed by atoms with E-state index >= 15 is 0 Å². The highest BCUT2D eigenvalue weighted by Crippen LogP contribution is 2.36. The molecule has 3 atom stereocenters. The summed E-state index contributed by atoms with van der Waals surface area (Å²) in [6.45, 7) is 7.40. The van der Waals surface area contributed by atoms with E-state index in [9.17, 15) is 19.5 Å². The second-order valence-corrected chi connectivity index (χ2v) is 11.8. The average molecular weight is 623 g/mol. The van der Waals surface area contributed by atoms with E-state index in [1.165, 1.54) is 15.6 Å². The lowest BCUT2D eigenvalue weighted by Crippen LogP contribution is -2.47. The van der Waals surface area contributed by atoms with Crippen molar-refractivity contribution >= 4 is 41.0 Å². The molecule has 0 fully saturated rings. The summed E-state index contributed by atoms with van der Waals surface area (Å²) in [5.74, 6) is -1.08. The van der Waals surface area contributed by atoms with Gasteiger partial charge in [0.05, 0.1) is 51.8 Å².